The molecule has 3 rings (SSSR count). The molecule has 220 valence electrons. The molecule has 0 saturated carbocycles. The summed E-state index contributed by atoms with van der Waals surface area (Å²) in [5, 5.41) is 0. The van der Waals surface area contributed by atoms with Crippen molar-refractivity contribution in [2.75, 3.05) is 20.1 Å². The predicted molar refractivity (Wildman–Crippen MR) is 184 cm³/mol. The number of rotatable bonds is 8. The van der Waals surface area contributed by atoms with Gasteiger partial charge in [0, 0.05) is 0 Å². The fraction of sp³-hybridized carbons (Fsp3) is 0.417. The number of likely N-dealkylation sites (tertiary alicyclic amines) is 1. The highest BCUT2D eigenvalue weighted by Gasteiger charge is 2.13. The van der Waals surface area contributed by atoms with Gasteiger partial charge in [0.2, 0.25) is 0 Å². The van der Waals surface area contributed by atoms with Gasteiger partial charge in [-0.2, -0.15) is 0 Å². The van der Waals surface area contributed by atoms with Crippen molar-refractivity contribution in [3.8, 4) is 0 Å². The Morgan fingerprint density at radius 1 is 1.10 bits per heavy atom. The third-order valence-electron chi connectivity index (χ3n) is 6.94. The van der Waals surface area contributed by atoms with E-state index < -0.39 is 0 Å². The number of nitrogens with zero attached hydrogens (tertiary/aromatic N) is 2. The maximum Gasteiger partial charge on any atom is 0.126 e. The molecule has 1 atom stereocenters. The number of piperidine rings is 1. The standard InChI is InChI=1S/C11H14.C9H15NS.C8H17N.C8H8O/c1-4-9(2)11-8-6-5-7-10(11)3;1-6(2)9(10-5)7(3)8(4)11;1-3-8-4-6-9(2)7-5-8;1-2-3-5-8-6-4-7-9-8/h5-8H,2,4H2,1,3H3;9,11H,1,5H2,2-4H3;8H,3-7H2,1-2H3;2-7H,1H2/b;8-7+;;5-3+. The summed E-state index contributed by atoms with van der Waals surface area (Å²) in [7, 11) is 2.21. The summed E-state index contributed by atoms with van der Waals surface area (Å²) < 4.78 is 5.00. The van der Waals surface area contributed by atoms with Crippen molar-refractivity contribution in [2.45, 2.75) is 73.3 Å². The van der Waals surface area contributed by atoms with Crippen LogP contribution in [-0.4, -0.2) is 37.8 Å². The molecule has 0 aliphatic carbocycles. The first kappa shape index (κ1) is 37.2. The molecular weight excluding hydrogens is 508 g/mol. The Labute approximate surface area is 251 Å². The van der Waals surface area contributed by atoms with Crippen molar-refractivity contribution < 1.29 is 4.42 Å². The molecule has 2 heterocycles. The minimum atomic E-state index is 0.0347. The van der Waals surface area contributed by atoms with E-state index in [0.29, 0.717) is 0 Å². The Kier molecular flexibility index (Phi) is 20.4. The third kappa shape index (κ3) is 15.7. The number of hydrogen-bond donors (Lipinski definition) is 1. The topological polar surface area (TPSA) is 28.7 Å². The molecule has 2 aromatic rings. The van der Waals surface area contributed by atoms with Crippen LogP contribution in [0.15, 0.2) is 100 Å². The lowest BCUT2D eigenvalue weighted by Gasteiger charge is -2.27. The average molecular weight is 563 g/mol. The fourth-order valence-electron chi connectivity index (χ4n) is 4.04. The van der Waals surface area contributed by atoms with Crippen LogP contribution in [0.2, 0.25) is 0 Å². The minimum absolute atomic E-state index is 0.0347. The first-order chi connectivity index (χ1) is 19.0. The second-order valence-corrected chi connectivity index (χ2v) is 10.9. The maximum atomic E-state index is 5.00. The lowest BCUT2D eigenvalue weighted by Crippen LogP contribution is -2.29. The van der Waals surface area contributed by atoms with Crippen molar-refractivity contribution in [3.05, 3.63) is 107 Å². The molecular formula is C36H54N2OS. The Bertz CT molecular complexity index is 1070. The van der Waals surface area contributed by atoms with Crippen molar-refractivity contribution >= 4 is 31.0 Å². The lowest BCUT2D eigenvalue weighted by atomic mass is 9.95. The van der Waals surface area contributed by atoms with Gasteiger partial charge in [-0.15, -0.1) is 12.6 Å². The molecule has 1 fully saturated rings. The van der Waals surface area contributed by atoms with Crippen molar-refractivity contribution in [2.24, 2.45) is 10.9 Å². The van der Waals surface area contributed by atoms with Gasteiger partial charge in [-0.25, -0.2) is 0 Å². The van der Waals surface area contributed by atoms with Crippen LogP contribution in [0.25, 0.3) is 11.6 Å². The number of benzene rings is 1. The quantitative estimate of drug-likeness (QED) is 0.150. The first-order valence-corrected chi connectivity index (χ1v) is 14.7. The number of allylic oxidation sites excluding steroid dienone is 4. The molecule has 0 spiro atoms. The molecule has 4 heteroatoms. The van der Waals surface area contributed by atoms with E-state index in [-0.39, 0.29) is 6.04 Å². The molecule has 0 bridgehead atoms. The largest absolute Gasteiger partial charge is 0.465 e. The van der Waals surface area contributed by atoms with E-state index in [1.807, 2.05) is 45.1 Å². The van der Waals surface area contributed by atoms with E-state index in [9.17, 15) is 0 Å². The second-order valence-electron chi connectivity index (χ2n) is 10.2. The predicted octanol–water partition coefficient (Wildman–Crippen LogP) is 10.5. The third-order valence-corrected chi connectivity index (χ3v) is 7.29. The Balaban J connectivity index is 0.000000509. The number of thiol groups is 1. The van der Waals surface area contributed by atoms with Crippen molar-refractivity contribution in [3.63, 3.8) is 0 Å². The highest BCUT2D eigenvalue weighted by atomic mass is 32.1. The number of aliphatic imine (C=N–C) groups is 1. The number of hydrogen-bond acceptors (Lipinski definition) is 4. The zero-order valence-corrected chi connectivity index (χ0v) is 27.1. The molecule has 0 radical (unpaired) electrons. The monoisotopic (exact) mass is 562 g/mol. The summed E-state index contributed by atoms with van der Waals surface area (Å²) in [5.74, 6) is 1.89. The van der Waals surface area contributed by atoms with E-state index in [0.717, 1.165) is 34.2 Å². The summed E-state index contributed by atoms with van der Waals surface area (Å²) in [4.78, 5) is 7.37. The fourth-order valence-corrected chi connectivity index (χ4v) is 4.16. The van der Waals surface area contributed by atoms with E-state index >= 15 is 0 Å². The van der Waals surface area contributed by atoms with E-state index in [4.69, 9.17) is 4.42 Å². The van der Waals surface area contributed by atoms with Crippen LogP contribution >= 0.6 is 12.6 Å². The maximum absolute atomic E-state index is 5.00. The first-order valence-electron chi connectivity index (χ1n) is 14.2. The molecule has 0 N–H and O–H groups in total. The lowest BCUT2D eigenvalue weighted by molar-refractivity contribution is 0.216. The number of furan rings is 1. The van der Waals surface area contributed by atoms with E-state index in [2.05, 4.69) is 101 Å². The van der Waals surface area contributed by atoms with Gasteiger partial charge in [-0.05, 0) is 125 Å². The molecule has 40 heavy (non-hydrogen) atoms. The molecule has 1 saturated heterocycles. The Morgan fingerprint density at radius 2 is 1.73 bits per heavy atom. The van der Waals surface area contributed by atoms with Crippen molar-refractivity contribution in [1.82, 2.24) is 4.90 Å². The highest BCUT2D eigenvalue weighted by molar-refractivity contribution is 7.84. The van der Waals surface area contributed by atoms with Crippen LogP contribution in [0.1, 0.15) is 77.2 Å². The average Bonchev–Trinajstić information content (AvgIpc) is 3.47. The van der Waals surface area contributed by atoms with Crippen LogP contribution in [0.3, 0.4) is 0 Å². The zero-order valence-electron chi connectivity index (χ0n) is 26.2. The molecule has 1 aliphatic rings. The normalized spacial score (nSPS) is 14.7. The van der Waals surface area contributed by atoms with Gasteiger partial charge in [0.25, 0.3) is 0 Å². The highest BCUT2D eigenvalue weighted by Crippen LogP contribution is 2.20. The van der Waals surface area contributed by atoms with Crippen molar-refractivity contribution in [1.29, 1.82) is 0 Å². The molecule has 0 amide bonds. The zero-order chi connectivity index (χ0) is 30.5. The van der Waals surface area contributed by atoms with Crippen LogP contribution in [0.5, 0.6) is 0 Å². The smallest absolute Gasteiger partial charge is 0.126 e. The van der Waals surface area contributed by atoms with Gasteiger partial charge in [0.05, 0.1) is 12.3 Å². The van der Waals surface area contributed by atoms with Gasteiger partial charge < -0.3 is 9.32 Å². The van der Waals surface area contributed by atoms with Gasteiger partial charge >= 0.3 is 0 Å². The van der Waals surface area contributed by atoms with Crippen LogP contribution in [-0.2, 0) is 0 Å². The van der Waals surface area contributed by atoms with Gasteiger partial charge in [-0.3, -0.25) is 4.99 Å². The summed E-state index contributed by atoms with van der Waals surface area (Å²) >= 11 is 4.23. The minimum Gasteiger partial charge on any atom is -0.465 e. The molecule has 1 aromatic heterocycles. The van der Waals surface area contributed by atoms with E-state index in [1.165, 1.54) is 49.1 Å². The SMILES string of the molecule is C=C(CC)c1ccccc1C.C=C/C=C/c1ccco1.C=NC(C(=C)C)/C(C)=C(\C)S.CCC1CCN(C)CC1. The molecule has 3 nitrogen and oxygen atoms in total. The Morgan fingerprint density at radius 3 is 2.12 bits per heavy atom. The summed E-state index contributed by atoms with van der Waals surface area (Å²) in [6.07, 6.45) is 12.3. The van der Waals surface area contributed by atoms with Gasteiger partial charge in [-0.1, -0.05) is 82.0 Å². The van der Waals surface area contributed by atoms with Gasteiger partial charge in [0.1, 0.15) is 5.76 Å². The summed E-state index contributed by atoms with van der Waals surface area (Å²) in [6.45, 7) is 29.9. The molecule has 1 unspecified atom stereocenters. The molecule has 1 aromatic carbocycles. The molecule has 1 aliphatic heterocycles. The van der Waals surface area contributed by atoms with E-state index in [1.54, 1.807) is 12.3 Å². The Hall–Kier alpha value is -2.82. The summed E-state index contributed by atoms with van der Waals surface area (Å²) in [5.41, 5.74) is 5.97. The van der Waals surface area contributed by atoms with Crippen LogP contribution in [0, 0.1) is 12.8 Å². The summed E-state index contributed by atoms with van der Waals surface area (Å²) in [6, 6.07) is 12.1. The van der Waals surface area contributed by atoms with Crippen LogP contribution in [0.4, 0.5) is 0 Å². The number of aryl methyl sites for hydroxylation is 1. The van der Waals surface area contributed by atoms with Crippen LogP contribution < -0.4 is 0 Å². The second kappa shape index (κ2) is 21.9. The van der Waals surface area contributed by atoms with Gasteiger partial charge in [0.15, 0.2) is 0 Å².